The Morgan fingerprint density at radius 2 is 1.79 bits per heavy atom. The van der Waals surface area contributed by atoms with Gasteiger partial charge in [-0.3, -0.25) is 9.35 Å². The number of hydrogen-bond donors (Lipinski definition) is 2. The molecule has 1 amide bonds. The Hall–Kier alpha value is -2.51. The maximum Gasteiger partial charge on any atom is 0.265 e. The topological polar surface area (TPSA) is 101 Å². The summed E-state index contributed by atoms with van der Waals surface area (Å²) >= 11 is 0. The Labute approximate surface area is 139 Å². The van der Waals surface area contributed by atoms with Crippen LogP contribution in [-0.2, 0) is 16.7 Å². The molecule has 7 heteroatoms. The molecule has 0 atom stereocenters. The number of aryl methyl sites for hydroxylation is 1. The molecular formula is C17H17N2O4S+. The Morgan fingerprint density at radius 3 is 2.50 bits per heavy atom. The van der Waals surface area contributed by atoms with Gasteiger partial charge in [0.25, 0.3) is 10.1 Å². The normalized spacial score (nSPS) is 11.9. The lowest BCUT2D eigenvalue weighted by atomic mass is 10.0. The molecule has 0 saturated carbocycles. The number of hydrogen-bond acceptors (Lipinski definition) is 3. The standard InChI is InChI=1S/C17H16N2O4S/c18-17(20)13-6-3-8-16-14(13)11-12-5-1-2-7-15(12)19(16)9-4-10-24(21,22)23/h1-3,5-8,11H,4,9-10H2,(H2-,18,20,21,22,23)/p+1. The van der Waals surface area contributed by atoms with E-state index in [-0.39, 0.29) is 12.2 Å². The third-order valence-corrected chi connectivity index (χ3v) is 4.76. The van der Waals surface area contributed by atoms with Crippen LogP contribution in [0.3, 0.4) is 0 Å². The number of primary amides is 1. The van der Waals surface area contributed by atoms with E-state index in [2.05, 4.69) is 0 Å². The summed E-state index contributed by atoms with van der Waals surface area (Å²) in [5, 5.41) is 1.64. The number of carbonyl (C=O) groups excluding carboxylic acids is 1. The van der Waals surface area contributed by atoms with Gasteiger partial charge in [0, 0.05) is 23.9 Å². The van der Waals surface area contributed by atoms with Crippen LogP contribution in [0.25, 0.3) is 21.8 Å². The van der Waals surface area contributed by atoms with Gasteiger partial charge in [-0.1, -0.05) is 18.2 Å². The van der Waals surface area contributed by atoms with E-state index >= 15 is 0 Å². The van der Waals surface area contributed by atoms with Crippen LogP contribution >= 0.6 is 0 Å². The Balaban J connectivity index is 2.22. The third-order valence-electron chi connectivity index (χ3n) is 3.95. The SMILES string of the molecule is NC(=O)c1cccc2c1cc1ccccc1[n+]2CCCS(=O)(=O)O. The van der Waals surface area contributed by atoms with Crippen LogP contribution in [0, 0.1) is 0 Å². The number of benzene rings is 2. The van der Waals surface area contributed by atoms with Gasteiger partial charge in [-0.15, -0.1) is 0 Å². The summed E-state index contributed by atoms with van der Waals surface area (Å²) in [6.07, 6.45) is 0.257. The quantitative estimate of drug-likeness (QED) is 0.417. The first-order chi connectivity index (χ1) is 11.4. The number of carbonyl (C=O) groups is 1. The molecule has 24 heavy (non-hydrogen) atoms. The third kappa shape index (κ3) is 3.22. The predicted octanol–water partition coefficient (Wildman–Crippen LogP) is 1.66. The molecule has 1 aromatic heterocycles. The maximum absolute atomic E-state index is 11.7. The van der Waals surface area contributed by atoms with Crippen LogP contribution in [0.15, 0.2) is 48.5 Å². The van der Waals surface area contributed by atoms with Crippen molar-refractivity contribution in [3.8, 4) is 0 Å². The number of nitrogens with two attached hydrogens (primary N) is 1. The summed E-state index contributed by atoms with van der Waals surface area (Å²) in [6.45, 7) is 0.389. The van der Waals surface area contributed by atoms with Crippen molar-refractivity contribution < 1.29 is 22.3 Å². The minimum atomic E-state index is -4.01. The average molecular weight is 345 g/mol. The van der Waals surface area contributed by atoms with Crippen molar-refractivity contribution in [2.75, 3.05) is 5.75 Å². The van der Waals surface area contributed by atoms with E-state index in [9.17, 15) is 13.2 Å². The van der Waals surface area contributed by atoms with Crippen molar-refractivity contribution in [1.29, 1.82) is 0 Å². The summed E-state index contributed by atoms with van der Waals surface area (Å²) in [5.74, 6) is -0.833. The van der Waals surface area contributed by atoms with E-state index in [1.807, 2.05) is 41.0 Å². The fourth-order valence-electron chi connectivity index (χ4n) is 2.94. The number of para-hydroxylation sites is 1. The molecule has 2 aromatic carbocycles. The molecule has 124 valence electrons. The van der Waals surface area contributed by atoms with E-state index in [0.29, 0.717) is 12.1 Å². The largest absolute Gasteiger partial charge is 0.366 e. The average Bonchev–Trinajstić information content (AvgIpc) is 2.52. The van der Waals surface area contributed by atoms with Crippen LogP contribution < -0.4 is 10.3 Å². The molecular weight excluding hydrogens is 328 g/mol. The molecule has 0 bridgehead atoms. The highest BCUT2D eigenvalue weighted by molar-refractivity contribution is 7.85. The van der Waals surface area contributed by atoms with Gasteiger partial charge in [-0.05, 0) is 18.2 Å². The first-order valence-electron chi connectivity index (χ1n) is 7.46. The molecule has 3 N–H and O–H groups in total. The molecule has 3 aromatic rings. The van der Waals surface area contributed by atoms with Crippen molar-refractivity contribution in [2.24, 2.45) is 5.73 Å². The van der Waals surface area contributed by atoms with E-state index in [1.54, 1.807) is 12.1 Å². The lowest BCUT2D eigenvalue weighted by Crippen LogP contribution is -2.37. The van der Waals surface area contributed by atoms with Crippen molar-refractivity contribution in [1.82, 2.24) is 0 Å². The van der Waals surface area contributed by atoms with E-state index < -0.39 is 16.0 Å². The van der Waals surface area contributed by atoms with Gasteiger partial charge in [0.1, 0.15) is 0 Å². The van der Waals surface area contributed by atoms with E-state index in [1.165, 1.54) is 0 Å². The van der Waals surface area contributed by atoms with Gasteiger partial charge < -0.3 is 5.73 Å². The number of rotatable bonds is 5. The first kappa shape index (κ1) is 16.4. The highest BCUT2D eigenvalue weighted by Crippen LogP contribution is 2.21. The number of nitrogens with zero attached hydrogens (tertiary/aromatic N) is 1. The highest BCUT2D eigenvalue weighted by atomic mass is 32.2. The molecule has 0 unspecified atom stereocenters. The Kier molecular flexibility index (Phi) is 4.21. The zero-order valence-electron chi connectivity index (χ0n) is 12.8. The smallest absolute Gasteiger partial charge is 0.265 e. The van der Waals surface area contributed by atoms with Gasteiger partial charge in [0.15, 0.2) is 6.54 Å². The lowest BCUT2D eigenvalue weighted by molar-refractivity contribution is -0.645. The second kappa shape index (κ2) is 6.18. The molecule has 0 spiro atoms. The van der Waals surface area contributed by atoms with Crippen molar-refractivity contribution in [3.63, 3.8) is 0 Å². The fourth-order valence-corrected chi connectivity index (χ4v) is 3.44. The Morgan fingerprint density at radius 1 is 1.08 bits per heavy atom. The van der Waals surface area contributed by atoms with Crippen LogP contribution in [0.1, 0.15) is 16.8 Å². The minimum Gasteiger partial charge on any atom is -0.366 e. The van der Waals surface area contributed by atoms with Crippen molar-refractivity contribution in [2.45, 2.75) is 13.0 Å². The van der Waals surface area contributed by atoms with Gasteiger partial charge >= 0.3 is 0 Å². The van der Waals surface area contributed by atoms with E-state index in [0.717, 1.165) is 21.8 Å². The number of amides is 1. The summed E-state index contributed by atoms with van der Waals surface area (Å²) in [5.41, 5.74) is 7.60. The second-order valence-corrected chi connectivity index (χ2v) is 7.17. The molecule has 0 fully saturated rings. The molecule has 1 heterocycles. The predicted molar refractivity (Wildman–Crippen MR) is 91.2 cm³/mol. The van der Waals surface area contributed by atoms with Crippen LogP contribution in [0.5, 0.6) is 0 Å². The molecule has 3 rings (SSSR count). The van der Waals surface area contributed by atoms with Crippen LogP contribution in [0.2, 0.25) is 0 Å². The van der Waals surface area contributed by atoms with Gasteiger partial charge in [0.05, 0.1) is 16.7 Å². The van der Waals surface area contributed by atoms with Crippen LogP contribution in [0.4, 0.5) is 0 Å². The van der Waals surface area contributed by atoms with Gasteiger partial charge in [0.2, 0.25) is 16.9 Å². The molecule has 0 aliphatic rings. The summed E-state index contributed by atoms with van der Waals surface area (Å²) < 4.78 is 32.8. The number of pyridine rings is 1. The molecule has 0 aliphatic carbocycles. The fraction of sp³-hybridized carbons (Fsp3) is 0.176. The number of fused-ring (bicyclic) bond motifs is 2. The molecule has 0 saturated heterocycles. The van der Waals surface area contributed by atoms with Gasteiger partial charge in [-0.2, -0.15) is 13.0 Å². The van der Waals surface area contributed by atoms with Gasteiger partial charge in [-0.25, -0.2) is 0 Å². The van der Waals surface area contributed by atoms with Crippen LogP contribution in [-0.4, -0.2) is 24.6 Å². The summed E-state index contributed by atoms with van der Waals surface area (Å²) in [7, 11) is -4.01. The van der Waals surface area contributed by atoms with Crippen molar-refractivity contribution in [3.05, 3.63) is 54.1 Å². The summed E-state index contributed by atoms with van der Waals surface area (Å²) in [6, 6.07) is 14.8. The number of aromatic nitrogens is 1. The van der Waals surface area contributed by atoms with E-state index in [4.69, 9.17) is 10.3 Å². The molecule has 0 aliphatic heterocycles. The minimum absolute atomic E-state index is 0.257. The monoisotopic (exact) mass is 345 g/mol. The highest BCUT2D eigenvalue weighted by Gasteiger charge is 2.19. The summed E-state index contributed by atoms with van der Waals surface area (Å²) in [4.78, 5) is 11.7. The molecule has 0 radical (unpaired) electrons. The molecule has 6 nitrogen and oxygen atoms in total. The maximum atomic E-state index is 11.7. The lowest BCUT2D eigenvalue weighted by Gasteiger charge is -2.08. The zero-order valence-corrected chi connectivity index (χ0v) is 13.7. The second-order valence-electron chi connectivity index (χ2n) is 5.60. The van der Waals surface area contributed by atoms with Crippen molar-refractivity contribution >= 4 is 37.8 Å². The first-order valence-corrected chi connectivity index (χ1v) is 9.07. The Bertz CT molecular complexity index is 1050. The zero-order chi connectivity index (χ0) is 17.3.